The summed E-state index contributed by atoms with van der Waals surface area (Å²) in [5.74, 6) is 0.951. The molecule has 0 radical (unpaired) electrons. The molecule has 1 fully saturated rings. The second kappa shape index (κ2) is 5.64. The third-order valence-corrected chi connectivity index (χ3v) is 4.69. The van der Waals surface area contributed by atoms with Crippen molar-refractivity contribution in [3.8, 4) is 5.75 Å². The number of nitrogens with zero attached hydrogens (tertiary/aromatic N) is 1. The molecule has 3 nitrogen and oxygen atoms in total. The fourth-order valence-electron chi connectivity index (χ4n) is 3.08. The summed E-state index contributed by atoms with van der Waals surface area (Å²) >= 11 is 0. The summed E-state index contributed by atoms with van der Waals surface area (Å²) in [6.45, 7) is 7.87. The highest BCUT2D eigenvalue weighted by molar-refractivity contribution is 5.84. The molecule has 3 rings (SSSR count). The number of pyridine rings is 1. The van der Waals surface area contributed by atoms with Gasteiger partial charge in [0.05, 0.1) is 5.52 Å². The van der Waals surface area contributed by atoms with Gasteiger partial charge in [0.15, 0.2) is 0 Å². The van der Waals surface area contributed by atoms with Crippen LogP contribution in [-0.4, -0.2) is 23.7 Å². The lowest BCUT2D eigenvalue weighted by Crippen LogP contribution is -2.62. The van der Waals surface area contributed by atoms with E-state index in [2.05, 4.69) is 37.1 Å². The second-order valence-corrected chi connectivity index (χ2v) is 6.50. The quantitative estimate of drug-likeness (QED) is 0.907. The number of rotatable bonds is 5. The van der Waals surface area contributed by atoms with E-state index in [9.17, 15) is 0 Å². The van der Waals surface area contributed by atoms with Crippen LogP contribution >= 0.6 is 0 Å². The van der Waals surface area contributed by atoms with Gasteiger partial charge >= 0.3 is 0 Å². The van der Waals surface area contributed by atoms with Crippen LogP contribution in [0.2, 0.25) is 0 Å². The molecule has 0 aliphatic heterocycles. The minimum Gasteiger partial charge on any atom is -0.489 e. The molecule has 21 heavy (non-hydrogen) atoms. The van der Waals surface area contributed by atoms with Gasteiger partial charge in [0, 0.05) is 29.5 Å². The molecule has 1 heterocycles. The smallest absolute Gasteiger partial charge is 0.129 e. The van der Waals surface area contributed by atoms with E-state index >= 15 is 0 Å². The first-order chi connectivity index (χ1) is 10.1. The van der Waals surface area contributed by atoms with Crippen molar-refractivity contribution in [3.63, 3.8) is 0 Å². The van der Waals surface area contributed by atoms with Crippen LogP contribution in [0.3, 0.4) is 0 Å². The van der Waals surface area contributed by atoms with Gasteiger partial charge in [0.1, 0.15) is 11.9 Å². The molecule has 0 saturated heterocycles. The van der Waals surface area contributed by atoms with Crippen molar-refractivity contribution in [2.75, 3.05) is 6.54 Å². The second-order valence-electron chi connectivity index (χ2n) is 6.50. The first-order valence-electron chi connectivity index (χ1n) is 7.86. The predicted octanol–water partition coefficient (Wildman–Crippen LogP) is 3.78. The Hall–Kier alpha value is -1.61. The fraction of sp³-hybridized carbons (Fsp3) is 0.500. The van der Waals surface area contributed by atoms with E-state index in [0.29, 0.717) is 6.04 Å². The Morgan fingerprint density at radius 3 is 2.90 bits per heavy atom. The number of aromatic nitrogens is 1. The van der Waals surface area contributed by atoms with Crippen LogP contribution in [0.25, 0.3) is 10.9 Å². The van der Waals surface area contributed by atoms with Gasteiger partial charge in [-0.3, -0.25) is 4.98 Å². The Balaban J connectivity index is 1.75. The molecule has 0 bridgehead atoms. The number of ether oxygens (including phenoxy) is 1. The molecule has 2 unspecified atom stereocenters. The minimum absolute atomic E-state index is 0.166. The lowest BCUT2D eigenvalue weighted by Gasteiger charge is -2.51. The molecular formula is C18H24N2O. The van der Waals surface area contributed by atoms with E-state index in [1.807, 2.05) is 30.5 Å². The average molecular weight is 284 g/mol. The van der Waals surface area contributed by atoms with Crippen molar-refractivity contribution in [1.29, 1.82) is 0 Å². The maximum atomic E-state index is 6.31. The van der Waals surface area contributed by atoms with Crippen molar-refractivity contribution in [2.24, 2.45) is 5.41 Å². The topological polar surface area (TPSA) is 34.1 Å². The highest BCUT2D eigenvalue weighted by Crippen LogP contribution is 2.43. The zero-order valence-corrected chi connectivity index (χ0v) is 13.1. The molecule has 0 amide bonds. The van der Waals surface area contributed by atoms with Gasteiger partial charge in [-0.25, -0.2) is 0 Å². The minimum atomic E-state index is 0.166. The first kappa shape index (κ1) is 14.3. The van der Waals surface area contributed by atoms with E-state index in [0.717, 1.165) is 29.6 Å². The van der Waals surface area contributed by atoms with E-state index in [4.69, 9.17) is 4.74 Å². The van der Waals surface area contributed by atoms with Crippen LogP contribution in [0.5, 0.6) is 5.75 Å². The molecule has 2 aromatic rings. The highest BCUT2D eigenvalue weighted by atomic mass is 16.5. The monoisotopic (exact) mass is 284 g/mol. The molecule has 2 atom stereocenters. The molecule has 1 N–H and O–H groups in total. The third-order valence-electron chi connectivity index (χ3n) is 4.69. The van der Waals surface area contributed by atoms with E-state index in [-0.39, 0.29) is 11.5 Å². The molecule has 112 valence electrons. The molecule has 3 heteroatoms. The van der Waals surface area contributed by atoms with Gasteiger partial charge in [0.25, 0.3) is 0 Å². The third kappa shape index (κ3) is 2.62. The number of fused-ring (bicyclic) bond motifs is 1. The van der Waals surface area contributed by atoms with Gasteiger partial charge in [-0.05, 0) is 37.2 Å². The van der Waals surface area contributed by atoms with Crippen molar-refractivity contribution >= 4 is 10.9 Å². The molecule has 1 aromatic heterocycles. The largest absolute Gasteiger partial charge is 0.489 e. The maximum absolute atomic E-state index is 6.31. The van der Waals surface area contributed by atoms with Crippen LogP contribution in [0.1, 0.15) is 33.6 Å². The Morgan fingerprint density at radius 1 is 1.29 bits per heavy atom. The van der Waals surface area contributed by atoms with Crippen molar-refractivity contribution in [3.05, 3.63) is 36.5 Å². The van der Waals surface area contributed by atoms with E-state index < -0.39 is 0 Å². The van der Waals surface area contributed by atoms with E-state index in [1.165, 1.54) is 6.42 Å². The van der Waals surface area contributed by atoms with Crippen molar-refractivity contribution < 1.29 is 4.74 Å². The Kier molecular flexibility index (Phi) is 3.85. The highest BCUT2D eigenvalue weighted by Gasteiger charge is 2.49. The normalized spacial score (nSPS) is 23.8. The maximum Gasteiger partial charge on any atom is 0.129 e. The molecule has 1 saturated carbocycles. The molecule has 1 aliphatic carbocycles. The van der Waals surface area contributed by atoms with Gasteiger partial charge in [-0.1, -0.05) is 26.8 Å². The predicted molar refractivity (Wildman–Crippen MR) is 86.6 cm³/mol. The van der Waals surface area contributed by atoms with Gasteiger partial charge in [0.2, 0.25) is 0 Å². The molecule has 1 aromatic carbocycles. The first-order valence-corrected chi connectivity index (χ1v) is 7.86. The Labute approximate surface area is 126 Å². The lowest BCUT2D eigenvalue weighted by molar-refractivity contribution is -0.0538. The summed E-state index contributed by atoms with van der Waals surface area (Å²) in [5.41, 5.74) is 1.16. The summed E-state index contributed by atoms with van der Waals surface area (Å²) in [5, 5.41) is 4.72. The van der Waals surface area contributed by atoms with Crippen LogP contribution in [-0.2, 0) is 0 Å². The van der Waals surface area contributed by atoms with Gasteiger partial charge in [-0.2, -0.15) is 0 Å². The Morgan fingerprint density at radius 2 is 2.14 bits per heavy atom. The molecule has 0 spiro atoms. The van der Waals surface area contributed by atoms with Crippen molar-refractivity contribution in [2.45, 2.75) is 45.8 Å². The summed E-state index contributed by atoms with van der Waals surface area (Å²) in [7, 11) is 0. The molecular weight excluding hydrogens is 260 g/mol. The average Bonchev–Trinajstić information content (AvgIpc) is 2.50. The van der Waals surface area contributed by atoms with Gasteiger partial charge < -0.3 is 10.1 Å². The van der Waals surface area contributed by atoms with Gasteiger partial charge in [-0.15, -0.1) is 0 Å². The zero-order valence-electron chi connectivity index (χ0n) is 13.1. The Bertz CT molecular complexity index is 618. The standard InChI is InChI=1S/C18H24N2O/c1-4-10-20-16-12-17(18(16,2)3)21-15-9-5-8-14-13(15)7-6-11-19-14/h5-9,11,16-17,20H,4,10,12H2,1-3H3. The van der Waals surface area contributed by atoms with Crippen LogP contribution in [0.15, 0.2) is 36.5 Å². The van der Waals surface area contributed by atoms with Crippen molar-refractivity contribution in [1.82, 2.24) is 10.3 Å². The fourth-order valence-corrected chi connectivity index (χ4v) is 3.08. The summed E-state index contributed by atoms with van der Waals surface area (Å²) in [6, 6.07) is 10.7. The van der Waals surface area contributed by atoms with Crippen LogP contribution in [0.4, 0.5) is 0 Å². The van der Waals surface area contributed by atoms with Crippen LogP contribution in [0, 0.1) is 5.41 Å². The lowest BCUT2D eigenvalue weighted by atomic mass is 9.64. The van der Waals surface area contributed by atoms with Crippen LogP contribution < -0.4 is 10.1 Å². The summed E-state index contributed by atoms with van der Waals surface area (Å²) < 4.78 is 6.31. The number of hydrogen-bond donors (Lipinski definition) is 1. The number of nitrogens with one attached hydrogen (secondary N) is 1. The number of benzene rings is 1. The summed E-state index contributed by atoms with van der Waals surface area (Å²) in [4.78, 5) is 4.39. The molecule has 1 aliphatic rings. The van der Waals surface area contributed by atoms with E-state index in [1.54, 1.807) is 0 Å². The SMILES string of the molecule is CCCNC1CC(Oc2cccc3ncccc23)C1(C)C. The summed E-state index contributed by atoms with van der Waals surface area (Å²) in [6.07, 6.45) is 4.33. The number of hydrogen-bond acceptors (Lipinski definition) is 3. The zero-order chi connectivity index (χ0) is 14.9.